The van der Waals surface area contributed by atoms with Crippen molar-refractivity contribution in [3.05, 3.63) is 46.2 Å². The number of carbonyl (C=O) groups is 3. The normalized spacial score (nSPS) is 15.7. The summed E-state index contributed by atoms with van der Waals surface area (Å²) in [5.41, 5.74) is 0.923. The van der Waals surface area contributed by atoms with Crippen LogP contribution in [0.1, 0.15) is 48.3 Å². The van der Waals surface area contributed by atoms with Gasteiger partial charge in [-0.15, -0.1) is 11.3 Å². The molecular formula is C21H24N2O4S. The number of nitrogens with one attached hydrogen (secondary N) is 1. The van der Waals surface area contributed by atoms with Crippen LogP contribution in [0.4, 0.5) is 5.69 Å². The number of anilines is 1. The zero-order valence-electron chi connectivity index (χ0n) is 16.1. The zero-order valence-corrected chi connectivity index (χ0v) is 16.9. The molecule has 0 saturated heterocycles. The number of ketones is 1. The van der Waals surface area contributed by atoms with Gasteiger partial charge in [-0.2, -0.15) is 0 Å². The van der Waals surface area contributed by atoms with Crippen molar-refractivity contribution >= 4 is 34.6 Å². The topological polar surface area (TPSA) is 75.7 Å². The van der Waals surface area contributed by atoms with Gasteiger partial charge in [0, 0.05) is 12.1 Å². The number of hydrogen-bond acceptors (Lipinski definition) is 5. The number of carbonyl (C=O) groups excluding carboxylic acids is 3. The molecular weight excluding hydrogens is 376 g/mol. The van der Waals surface area contributed by atoms with Crippen molar-refractivity contribution < 1.29 is 19.1 Å². The van der Waals surface area contributed by atoms with Crippen LogP contribution >= 0.6 is 11.3 Å². The average Bonchev–Trinajstić information content (AvgIpc) is 3.24. The third kappa shape index (κ3) is 4.25. The van der Waals surface area contributed by atoms with Crippen molar-refractivity contribution in [3.63, 3.8) is 0 Å². The maximum Gasteiger partial charge on any atom is 0.268 e. The van der Waals surface area contributed by atoms with Crippen molar-refractivity contribution in [1.29, 1.82) is 0 Å². The highest BCUT2D eigenvalue weighted by Crippen LogP contribution is 2.36. The summed E-state index contributed by atoms with van der Waals surface area (Å²) in [6, 6.07) is 8.62. The van der Waals surface area contributed by atoms with Crippen LogP contribution in [0.25, 0.3) is 0 Å². The summed E-state index contributed by atoms with van der Waals surface area (Å²) in [5, 5.41) is 4.68. The summed E-state index contributed by atoms with van der Waals surface area (Å²) in [4.78, 5) is 39.9. The van der Waals surface area contributed by atoms with E-state index < -0.39 is 6.10 Å². The van der Waals surface area contributed by atoms with Crippen LogP contribution in [0.2, 0.25) is 0 Å². The van der Waals surface area contributed by atoms with Crippen molar-refractivity contribution in [3.8, 4) is 5.75 Å². The number of rotatable bonds is 8. The molecule has 3 rings (SSSR count). The first-order chi connectivity index (χ1) is 13.5. The highest BCUT2D eigenvalue weighted by Gasteiger charge is 2.35. The molecule has 0 aliphatic carbocycles. The van der Waals surface area contributed by atoms with Gasteiger partial charge >= 0.3 is 0 Å². The lowest BCUT2D eigenvalue weighted by Crippen LogP contribution is -2.49. The Morgan fingerprint density at radius 3 is 2.75 bits per heavy atom. The lowest BCUT2D eigenvalue weighted by molar-refractivity contribution is -0.129. The van der Waals surface area contributed by atoms with E-state index in [0.29, 0.717) is 34.8 Å². The molecule has 0 bridgehead atoms. The second-order valence-electron chi connectivity index (χ2n) is 6.63. The third-order valence-corrected chi connectivity index (χ3v) is 5.46. The number of ether oxygens (including phenoxy) is 1. The Hall–Kier alpha value is -2.67. The number of hydrogen-bond donors (Lipinski definition) is 1. The predicted molar refractivity (Wildman–Crippen MR) is 109 cm³/mol. The molecule has 0 spiro atoms. The van der Waals surface area contributed by atoms with Gasteiger partial charge in [0.05, 0.1) is 10.6 Å². The van der Waals surface area contributed by atoms with Crippen LogP contribution in [0, 0.1) is 0 Å². The molecule has 1 atom stereocenters. The molecule has 148 valence electrons. The molecule has 0 fully saturated rings. The lowest BCUT2D eigenvalue weighted by Gasteiger charge is -2.34. The Labute approximate surface area is 168 Å². The van der Waals surface area contributed by atoms with E-state index in [2.05, 4.69) is 5.32 Å². The van der Waals surface area contributed by atoms with E-state index in [9.17, 15) is 14.4 Å². The molecule has 1 aliphatic rings. The van der Waals surface area contributed by atoms with Crippen LogP contribution in [-0.4, -0.2) is 36.8 Å². The van der Waals surface area contributed by atoms with Crippen molar-refractivity contribution in [2.45, 2.75) is 39.2 Å². The minimum Gasteiger partial charge on any atom is -0.478 e. The van der Waals surface area contributed by atoms with Crippen molar-refractivity contribution in [1.82, 2.24) is 5.32 Å². The van der Waals surface area contributed by atoms with Gasteiger partial charge in [0.2, 0.25) is 11.7 Å². The molecule has 2 aromatic rings. The molecule has 2 heterocycles. The third-order valence-electron chi connectivity index (χ3n) is 4.59. The average molecular weight is 401 g/mol. The summed E-state index contributed by atoms with van der Waals surface area (Å²) < 4.78 is 5.80. The Morgan fingerprint density at radius 2 is 2.07 bits per heavy atom. The Bertz CT molecular complexity index is 863. The first-order valence-electron chi connectivity index (χ1n) is 9.52. The Kier molecular flexibility index (Phi) is 6.46. The minimum absolute atomic E-state index is 0.0912. The predicted octanol–water partition coefficient (Wildman–Crippen LogP) is 3.40. The second-order valence-corrected chi connectivity index (χ2v) is 7.58. The molecule has 1 N–H and O–H groups in total. The summed E-state index contributed by atoms with van der Waals surface area (Å²) >= 11 is 1.37. The Morgan fingerprint density at radius 1 is 1.25 bits per heavy atom. The molecule has 1 aliphatic heterocycles. The van der Waals surface area contributed by atoms with Gasteiger partial charge in [0.25, 0.3) is 5.91 Å². The standard InChI is InChI=1S/C21H24N2O4S/c1-3-5-10-22-19(24)13-23-15-12-14(20(25)18-7-6-11-28-18)8-9-17(15)27-16(4-2)21(23)26/h6-9,11-12,16H,3-5,10,13H2,1-2H3,(H,22,24). The van der Waals surface area contributed by atoms with Gasteiger partial charge in [0.15, 0.2) is 6.10 Å². The van der Waals surface area contributed by atoms with Crippen LogP contribution in [-0.2, 0) is 9.59 Å². The van der Waals surface area contributed by atoms with E-state index in [0.717, 1.165) is 12.8 Å². The number of unbranched alkanes of at least 4 members (excludes halogenated alkanes) is 1. The largest absolute Gasteiger partial charge is 0.478 e. The van der Waals surface area contributed by atoms with E-state index in [1.807, 2.05) is 25.3 Å². The van der Waals surface area contributed by atoms with Crippen LogP contribution in [0.3, 0.4) is 0 Å². The van der Waals surface area contributed by atoms with E-state index in [4.69, 9.17) is 4.74 Å². The molecule has 7 heteroatoms. The first kappa shape index (κ1) is 20.1. The number of nitrogens with zero attached hydrogens (tertiary/aromatic N) is 1. The molecule has 6 nitrogen and oxygen atoms in total. The first-order valence-corrected chi connectivity index (χ1v) is 10.4. The van der Waals surface area contributed by atoms with Crippen molar-refractivity contribution in [2.75, 3.05) is 18.0 Å². The highest BCUT2D eigenvalue weighted by molar-refractivity contribution is 7.12. The second kappa shape index (κ2) is 9.01. The quantitative estimate of drug-likeness (QED) is 0.544. The fourth-order valence-corrected chi connectivity index (χ4v) is 3.73. The SMILES string of the molecule is CCCCNC(=O)CN1C(=O)C(CC)Oc2ccc(C(=O)c3cccs3)cc21. The van der Waals surface area contributed by atoms with Crippen LogP contribution in [0.15, 0.2) is 35.7 Å². The van der Waals surface area contributed by atoms with Gasteiger partial charge in [-0.1, -0.05) is 26.3 Å². The van der Waals surface area contributed by atoms with Gasteiger partial charge in [-0.25, -0.2) is 0 Å². The number of fused-ring (bicyclic) bond motifs is 1. The highest BCUT2D eigenvalue weighted by atomic mass is 32.1. The van der Waals surface area contributed by atoms with E-state index in [1.165, 1.54) is 16.2 Å². The van der Waals surface area contributed by atoms with Gasteiger partial charge < -0.3 is 10.1 Å². The smallest absolute Gasteiger partial charge is 0.268 e. The molecule has 28 heavy (non-hydrogen) atoms. The maximum absolute atomic E-state index is 12.8. The molecule has 2 amide bonds. The van der Waals surface area contributed by atoms with Crippen LogP contribution in [0.5, 0.6) is 5.75 Å². The summed E-state index contributed by atoms with van der Waals surface area (Å²) in [6.45, 7) is 4.40. The monoisotopic (exact) mass is 400 g/mol. The van der Waals surface area contributed by atoms with Crippen LogP contribution < -0.4 is 15.0 Å². The minimum atomic E-state index is -0.630. The summed E-state index contributed by atoms with van der Waals surface area (Å²) in [6.07, 6.45) is 1.74. The number of benzene rings is 1. The zero-order chi connectivity index (χ0) is 20.1. The van der Waals surface area contributed by atoms with Crippen molar-refractivity contribution in [2.24, 2.45) is 0 Å². The lowest BCUT2D eigenvalue weighted by atomic mass is 10.1. The molecule has 0 saturated carbocycles. The summed E-state index contributed by atoms with van der Waals surface area (Å²) in [7, 11) is 0. The van der Waals surface area contributed by atoms with Gasteiger partial charge in [0.1, 0.15) is 12.3 Å². The molecule has 1 aromatic carbocycles. The molecule has 1 unspecified atom stereocenters. The molecule has 0 radical (unpaired) electrons. The maximum atomic E-state index is 12.8. The van der Waals surface area contributed by atoms with E-state index in [1.54, 1.807) is 24.3 Å². The Balaban J connectivity index is 1.89. The number of amides is 2. The van der Waals surface area contributed by atoms with E-state index >= 15 is 0 Å². The molecule has 1 aromatic heterocycles. The summed E-state index contributed by atoms with van der Waals surface area (Å²) in [5.74, 6) is -0.0911. The number of thiophene rings is 1. The van der Waals surface area contributed by atoms with Gasteiger partial charge in [-0.05, 0) is 42.5 Å². The fraction of sp³-hybridized carbons (Fsp3) is 0.381. The van der Waals surface area contributed by atoms with E-state index in [-0.39, 0.29) is 24.1 Å². The fourth-order valence-electron chi connectivity index (χ4n) is 3.04. The van der Waals surface area contributed by atoms with Gasteiger partial charge in [-0.3, -0.25) is 19.3 Å².